The molecule has 0 radical (unpaired) electrons. The van der Waals surface area contributed by atoms with Crippen molar-refractivity contribution in [3.05, 3.63) is 34.9 Å². The van der Waals surface area contributed by atoms with Gasteiger partial charge in [0.2, 0.25) is 0 Å². The summed E-state index contributed by atoms with van der Waals surface area (Å²) in [5.41, 5.74) is 0.590. The van der Waals surface area contributed by atoms with Gasteiger partial charge in [-0.3, -0.25) is 9.69 Å². The molecule has 4 heteroatoms. The quantitative estimate of drug-likeness (QED) is 0.872. The van der Waals surface area contributed by atoms with E-state index in [0.29, 0.717) is 22.7 Å². The maximum absolute atomic E-state index is 12.5. The lowest BCUT2D eigenvalue weighted by molar-refractivity contribution is 0.0234. The molecule has 2 atom stereocenters. The number of halogens is 1. The molecule has 0 saturated carbocycles. The lowest BCUT2D eigenvalue weighted by atomic mass is 9.81. The number of amides is 1. The van der Waals surface area contributed by atoms with Crippen LogP contribution in [0.2, 0.25) is 5.02 Å². The Morgan fingerprint density at radius 2 is 1.96 bits per heavy atom. The van der Waals surface area contributed by atoms with E-state index in [-0.39, 0.29) is 11.9 Å². The molecule has 23 heavy (non-hydrogen) atoms. The van der Waals surface area contributed by atoms with Gasteiger partial charge < -0.3 is 5.32 Å². The Morgan fingerprint density at radius 3 is 2.61 bits per heavy atom. The molecular weight excluding hydrogens is 308 g/mol. The summed E-state index contributed by atoms with van der Waals surface area (Å²) in [7, 11) is 0. The van der Waals surface area contributed by atoms with Gasteiger partial charge in [0.25, 0.3) is 5.91 Å². The summed E-state index contributed by atoms with van der Waals surface area (Å²) in [6.45, 7) is 3.48. The lowest BCUT2D eigenvalue weighted by Gasteiger charge is -2.49. The van der Waals surface area contributed by atoms with Crippen molar-refractivity contribution in [2.24, 2.45) is 0 Å². The fourth-order valence-corrected chi connectivity index (χ4v) is 4.43. The van der Waals surface area contributed by atoms with Gasteiger partial charge in [-0.25, -0.2) is 0 Å². The van der Waals surface area contributed by atoms with Gasteiger partial charge in [-0.2, -0.15) is 0 Å². The summed E-state index contributed by atoms with van der Waals surface area (Å²) in [6.07, 6.45) is 8.58. The van der Waals surface area contributed by atoms with Crippen LogP contribution >= 0.6 is 11.6 Å². The van der Waals surface area contributed by atoms with Crippen molar-refractivity contribution in [2.75, 3.05) is 6.54 Å². The van der Waals surface area contributed by atoms with Crippen LogP contribution in [0.5, 0.6) is 0 Å². The summed E-state index contributed by atoms with van der Waals surface area (Å²) in [5, 5.41) is 3.76. The van der Waals surface area contributed by atoms with Gasteiger partial charge in [-0.05, 0) is 50.8 Å². The number of nitrogens with zero attached hydrogens (tertiary/aromatic N) is 1. The minimum atomic E-state index is -0.0271. The molecule has 1 aromatic carbocycles. The fourth-order valence-electron chi connectivity index (χ4n) is 4.21. The number of rotatable bonds is 5. The third-order valence-corrected chi connectivity index (χ3v) is 5.68. The van der Waals surface area contributed by atoms with Crippen LogP contribution in [0.25, 0.3) is 0 Å². The molecule has 3 nitrogen and oxygen atoms in total. The Balaban J connectivity index is 1.63. The summed E-state index contributed by atoms with van der Waals surface area (Å²) in [4.78, 5) is 15.2. The molecule has 0 spiro atoms. The predicted molar refractivity (Wildman–Crippen MR) is 95.0 cm³/mol. The second-order valence-corrected chi connectivity index (χ2v) is 7.36. The van der Waals surface area contributed by atoms with E-state index in [1.54, 1.807) is 12.1 Å². The van der Waals surface area contributed by atoms with E-state index in [0.717, 1.165) is 12.8 Å². The topological polar surface area (TPSA) is 32.3 Å². The molecule has 2 heterocycles. The normalized spacial score (nSPS) is 27.7. The highest BCUT2D eigenvalue weighted by Crippen LogP contribution is 2.34. The van der Waals surface area contributed by atoms with Crippen molar-refractivity contribution in [1.29, 1.82) is 0 Å². The number of carbonyl (C=O) groups is 1. The van der Waals surface area contributed by atoms with E-state index in [4.69, 9.17) is 11.6 Å². The predicted octanol–water partition coefficient (Wildman–Crippen LogP) is 4.26. The van der Waals surface area contributed by atoms with Gasteiger partial charge in [0.1, 0.15) is 0 Å². The lowest BCUT2D eigenvalue weighted by Crippen LogP contribution is -2.57. The van der Waals surface area contributed by atoms with Gasteiger partial charge in [0.15, 0.2) is 0 Å². The molecule has 0 unspecified atom stereocenters. The number of nitrogens with one attached hydrogen (secondary N) is 1. The van der Waals surface area contributed by atoms with Crippen LogP contribution in [0.1, 0.15) is 62.2 Å². The van der Waals surface area contributed by atoms with Gasteiger partial charge in [-0.15, -0.1) is 0 Å². The maximum atomic E-state index is 12.5. The van der Waals surface area contributed by atoms with Gasteiger partial charge in [0.05, 0.1) is 10.6 Å². The third kappa shape index (κ3) is 3.89. The molecular formula is C19H27ClN2O. The zero-order valence-electron chi connectivity index (χ0n) is 13.9. The SMILES string of the molecule is CCCCN1[C@@H]2CCC[C@@H]1CC(NC(=O)c1ccccc1Cl)C2. The summed E-state index contributed by atoms with van der Waals surface area (Å²) < 4.78 is 0. The van der Waals surface area contributed by atoms with Crippen molar-refractivity contribution in [1.82, 2.24) is 10.2 Å². The highest BCUT2D eigenvalue weighted by Gasteiger charge is 2.38. The summed E-state index contributed by atoms with van der Waals surface area (Å²) >= 11 is 6.14. The molecule has 0 aromatic heterocycles. The molecule has 2 aliphatic heterocycles. The van der Waals surface area contributed by atoms with Crippen molar-refractivity contribution < 1.29 is 4.79 Å². The number of unbranched alkanes of at least 4 members (excludes halogenated alkanes) is 1. The van der Waals surface area contributed by atoms with E-state index in [1.165, 1.54) is 38.6 Å². The summed E-state index contributed by atoms with van der Waals surface area (Å²) in [6, 6.07) is 8.87. The van der Waals surface area contributed by atoms with Crippen molar-refractivity contribution in [2.45, 2.75) is 70.0 Å². The standard InChI is InChI=1S/C19H27ClN2O/c1-2-3-11-22-15-7-6-8-16(22)13-14(12-15)21-19(23)17-9-4-5-10-18(17)20/h4-5,9-10,14-16H,2-3,6-8,11-13H2,1H3,(H,21,23)/t15-,16-/m1/s1. The number of hydrogen-bond acceptors (Lipinski definition) is 2. The molecule has 3 rings (SSSR count). The highest BCUT2D eigenvalue weighted by atomic mass is 35.5. The molecule has 126 valence electrons. The maximum Gasteiger partial charge on any atom is 0.253 e. The smallest absolute Gasteiger partial charge is 0.253 e. The molecule has 2 fully saturated rings. The average Bonchev–Trinajstić information content (AvgIpc) is 2.53. The minimum absolute atomic E-state index is 0.0271. The van der Waals surface area contributed by atoms with Crippen LogP contribution in [0.3, 0.4) is 0 Å². The molecule has 1 N–H and O–H groups in total. The molecule has 2 aliphatic rings. The largest absolute Gasteiger partial charge is 0.349 e. The zero-order chi connectivity index (χ0) is 16.2. The van der Waals surface area contributed by atoms with E-state index >= 15 is 0 Å². The van der Waals surface area contributed by atoms with Crippen LogP contribution < -0.4 is 5.32 Å². The van der Waals surface area contributed by atoms with Crippen LogP contribution in [-0.2, 0) is 0 Å². The number of carbonyl (C=O) groups excluding carboxylic acids is 1. The first-order valence-electron chi connectivity index (χ1n) is 9.00. The molecule has 0 aliphatic carbocycles. The second-order valence-electron chi connectivity index (χ2n) is 6.95. The molecule has 2 saturated heterocycles. The Morgan fingerprint density at radius 1 is 1.26 bits per heavy atom. The monoisotopic (exact) mass is 334 g/mol. The van der Waals surface area contributed by atoms with E-state index in [1.807, 2.05) is 12.1 Å². The average molecular weight is 335 g/mol. The van der Waals surface area contributed by atoms with E-state index in [2.05, 4.69) is 17.1 Å². The Hall–Kier alpha value is -1.06. The van der Waals surface area contributed by atoms with Crippen LogP contribution in [-0.4, -0.2) is 35.5 Å². The van der Waals surface area contributed by atoms with Gasteiger partial charge in [-0.1, -0.05) is 43.5 Å². The van der Waals surface area contributed by atoms with Crippen LogP contribution in [0.4, 0.5) is 0 Å². The number of fused-ring (bicyclic) bond motifs is 2. The molecule has 1 amide bonds. The Bertz CT molecular complexity index is 534. The van der Waals surface area contributed by atoms with E-state index < -0.39 is 0 Å². The molecule has 2 bridgehead atoms. The van der Waals surface area contributed by atoms with Crippen molar-refractivity contribution in [3.8, 4) is 0 Å². The Labute approximate surface area is 144 Å². The zero-order valence-corrected chi connectivity index (χ0v) is 14.7. The number of hydrogen-bond donors (Lipinski definition) is 1. The first-order chi connectivity index (χ1) is 11.2. The first-order valence-corrected chi connectivity index (χ1v) is 9.38. The van der Waals surface area contributed by atoms with Crippen LogP contribution in [0.15, 0.2) is 24.3 Å². The van der Waals surface area contributed by atoms with Gasteiger partial charge >= 0.3 is 0 Å². The minimum Gasteiger partial charge on any atom is -0.349 e. The summed E-state index contributed by atoms with van der Waals surface area (Å²) in [5.74, 6) is -0.0271. The highest BCUT2D eigenvalue weighted by molar-refractivity contribution is 6.33. The third-order valence-electron chi connectivity index (χ3n) is 5.35. The van der Waals surface area contributed by atoms with Crippen LogP contribution in [0, 0.1) is 0 Å². The van der Waals surface area contributed by atoms with Crippen molar-refractivity contribution >= 4 is 17.5 Å². The van der Waals surface area contributed by atoms with Crippen molar-refractivity contribution in [3.63, 3.8) is 0 Å². The number of benzene rings is 1. The molecule has 1 aromatic rings. The second kappa shape index (κ2) is 7.67. The first kappa shape index (κ1) is 16.8. The fraction of sp³-hybridized carbons (Fsp3) is 0.632. The van der Waals surface area contributed by atoms with Gasteiger partial charge in [0, 0.05) is 18.1 Å². The Kier molecular flexibility index (Phi) is 5.60. The van der Waals surface area contributed by atoms with E-state index in [9.17, 15) is 4.79 Å². The number of piperidine rings is 2.